The molecule has 0 spiro atoms. The molecule has 0 aliphatic heterocycles. The van der Waals surface area contributed by atoms with Crippen molar-refractivity contribution >= 4 is 5.91 Å². The zero-order valence-corrected chi connectivity index (χ0v) is 10.7. The minimum Gasteiger partial charge on any atom is -0.347 e. The highest BCUT2D eigenvalue weighted by Crippen LogP contribution is 2.03. The second kappa shape index (κ2) is 5.53. The Hall–Kier alpha value is -2.04. The SMILES string of the molecule is CC[C@@H](Cn1ccnc1)NC(=O)c1cccn1C. The Morgan fingerprint density at radius 1 is 1.50 bits per heavy atom. The quantitative estimate of drug-likeness (QED) is 0.867. The number of carbonyl (C=O) groups excluding carboxylic acids is 1. The summed E-state index contributed by atoms with van der Waals surface area (Å²) in [5.74, 6) is -0.0329. The summed E-state index contributed by atoms with van der Waals surface area (Å²) >= 11 is 0. The van der Waals surface area contributed by atoms with Gasteiger partial charge in [0.2, 0.25) is 0 Å². The molecular weight excluding hydrogens is 228 g/mol. The fraction of sp³-hybridized carbons (Fsp3) is 0.385. The van der Waals surface area contributed by atoms with Crippen LogP contribution in [0.25, 0.3) is 0 Å². The van der Waals surface area contributed by atoms with Gasteiger partial charge in [-0.05, 0) is 18.6 Å². The number of hydrogen-bond donors (Lipinski definition) is 1. The first kappa shape index (κ1) is 12.4. The molecule has 0 fully saturated rings. The highest BCUT2D eigenvalue weighted by Gasteiger charge is 2.14. The van der Waals surface area contributed by atoms with Gasteiger partial charge in [-0.1, -0.05) is 6.92 Å². The lowest BCUT2D eigenvalue weighted by molar-refractivity contribution is 0.0923. The summed E-state index contributed by atoms with van der Waals surface area (Å²) in [5, 5.41) is 3.04. The van der Waals surface area contributed by atoms with E-state index in [2.05, 4.69) is 17.2 Å². The minimum absolute atomic E-state index is 0.0329. The fourth-order valence-electron chi connectivity index (χ4n) is 1.88. The molecular formula is C13H18N4O. The molecule has 0 aliphatic rings. The van der Waals surface area contributed by atoms with Crippen molar-refractivity contribution in [1.29, 1.82) is 0 Å². The number of carbonyl (C=O) groups is 1. The van der Waals surface area contributed by atoms with Crippen LogP contribution >= 0.6 is 0 Å². The number of amides is 1. The van der Waals surface area contributed by atoms with E-state index >= 15 is 0 Å². The van der Waals surface area contributed by atoms with E-state index in [9.17, 15) is 4.79 Å². The van der Waals surface area contributed by atoms with Crippen molar-refractivity contribution in [1.82, 2.24) is 19.4 Å². The number of aryl methyl sites for hydroxylation is 1. The number of nitrogens with zero attached hydrogens (tertiary/aromatic N) is 3. The maximum Gasteiger partial charge on any atom is 0.268 e. The van der Waals surface area contributed by atoms with Crippen molar-refractivity contribution in [3.8, 4) is 0 Å². The van der Waals surface area contributed by atoms with Crippen molar-refractivity contribution in [2.75, 3.05) is 0 Å². The van der Waals surface area contributed by atoms with Crippen molar-refractivity contribution in [2.24, 2.45) is 7.05 Å². The van der Waals surface area contributed by atoms with Crippen LogP contribution in [-0.2, 0) is 13.6 Å². The van der Waals surface area contributed by atoms with E-state index in [0.717, 1.165) is 13.0 Å². The maximum atomic E-state index is 12.1. The molecule has 96 valence electrons. The first-order valence-electron chi connectivity index (χ1n) is 6.08. The molecule has 0 unspecified atom stereocenters. The second-order valence-corrected chi connectivity index (χ2v) is 4.34. The van der Waals surface area contributed by atoms with Crippen LogP contribution in [0, 0.1) is 0 Å². The molecule has 1 atom stereocenters. The van der Waals surface area contributed by atoms with Crippen molar-refractivity contribution in [3.63, 3.8) is 0 Å². The first-order valence-corrected chi connectivity index (χ1v) is 6.08. The number of nitrogens with one attached hydrogen (secondary N) is 1. The lowest BCUT2D eigenvalue weighted by Gasteiger charge is -2.17. The Bertz CT molecular complexity index is 501. The van der Waals surface area contributed by atoms with Gasteiger partial charge >= 0.3 is 0 Å². The van der Waals surface area contributed by atoms with Gasteiger partial charge in [-0.2, -0.15) is 0 Å². The van der Waals surface area contributed by atoms with Crippen LogP contribution in [0.15, 0.2) is 37.1 Å². The van der Waals surface area contributed by atoms with Gasteiger partial charge in [0.1, 0.15) is 5.69 Å². The third kappa shape index (κ3) is 2.80. The van der Waals surface area contributed by atoms with E-state index in [4.69, 9.17) is 0 Å². The summed E-state index contributed by atoms with van der Waals surface area (Å²) in [6.07, 6.45) is 8.15. The standard InChI is InChI=1S/C13H18N4O/c1-3-11(9-17-8-6-14-10-17)15-13(18)12-5-4-7-16(12)2/h4-8,10-11H,3,9H2,1-2H3,(H,15,18)/t11-/m0/s1. The third-order valence-electron chi connectivity index (χ3n) is 2.99. The number of aromatic nitrogens is 3. The van der Waals surface area contributed by atoms with Crippen molar-refractivity contribution in [2.45, 2.75) is 25.9 Å². The van der Waals surface area contributed by atoms with Crippen LogP contribution in [0.5, 0.6) is 0 Å². The lowest BCUT2D eigenvalue weighted by Crippen LogP contribution is -2.38. The maximum absolute atomic E-state index is 12.1. The predicted octanol–water partition coefficient (Wildman–Crippen LogP) is 1.43. The van der Waals surface area contributed by atoms with Gasteiger partial charge in [0.05, 0.1) is 6.33 Å². The molecule has 0 bridgehead atoms. The van der Waals surface area contributed by atoms with Gasteiger partial charge in [-0.25, -0.2) is 4.98 Å². The molecule has 1 amide bonds. The first-order chi connectivity index (χ1) is 8.70. The number of imidazole rings is 1. The van der Waals surface area contributed by atoms with E-state index in [1.165, 1.54) is 0 Å². The summed E-state index contributed by atoms with van der Waals surface area (Å²) in [7, 11) is 1.87. The van der Waals surface area contributed by atoms with Crippen LogP contribution < -0.4 is 5.32 Å². The Labute approximate surface area is 106 Å². The zero-order chi connectivity index (χ0) is 13.0. The summed E-state index contributed by atoms with van der Waals surface area (Å²) in [4.78, 5) is 16.1. The van der Waals surface area contributed by atoms with E-state index < -0.39 is 0 Å². The Kier molecular flexibility index (Phi) is 3.82. The topological polar surface area (TPSA) is 51.9 Å². The molecule has 0 aliphatic carbocycles. The molecule has 2 heterocycles. The Balaban J connectivity index is 1.98. The van der Waals surface area contributed by atoms with Crippen molar-refractivity contribution in [3.05, 3.63) is 42.7 Å². The van der Waals surface area contributed by atoms with E-state index in [1.54, 1.807) is 12.5 Å². The normalized spacial score (nSPS) is 12.3. The monoisotopic (exact) mass is 246 g/mol. The largest absolute Gasteiger partial charge is 0.347 e. The van der Waals surface area contributed by atoms with Crippen LogP contribution in [-0.4, -0.2) is 26.1 Å². The molecule has 2 aromatic heterocycles. The average Bonchev–Trinajstić information content (AvgIpc) is 2.99. The van der Waals surface area contributed by atoms with Crippen LogP contribution in [0.2, 0.25) is 0 Å². The van der Waals surface area contributed by atoms with Gasteiger partial charge in [-0.3, -0.25) is 4.79 Å². The molecule has 0 aromatic carbocycles. The van der Waals surface area contributed by atoms with Gasteiger partial charge in [0.25, 0.3) is 5.91 Å². The van der Waals surface area contributed by atoms with Crippen LogP contribution in [0.4, 0.5) is 0 Å². The third-order valence-corrected chi connectivity index (χ3v) is 2.99. The molecule has 2 rings (SSSR count). The molecule has 0 saturated carbocycles. The second-order valence-electron chi connectivity index (χ2n) is 4.34. The zero-order valence-electron chi connectivity index (χ0n) is 10.7. The summed E-state index contributed by atoms with van der Waals surface area (Å²) in [6.45, 7) is 2.81. The van der Waals surface area contributed by atoms with Gasteiger partial charge in [0, 0.05) is 38.2 Å². The summed E-state index contributed by atoms with van der Waals surface area (Å²) in [5.41, 5.74) is 0.680. The Morgan fingerprint density at radius 2 is 2.33 bits per heavy atom. The number of hydrogen-bond acceptors (Lipinski definition) is 2. The molecule has 2 aromatic rings. The molecule has 5 nitrogen and oxygen atoms in total. The smallest absolute Gasteiger partial charge is 0.268 e. The molecule has 0 saturated heterocycles. The van der Waals surface area contributed by atoms with Gasteiger partial charge in [-0.15, -0.1) is 0 Å². The van der Waals surface area contributed by atoms with Crippen molar-refractivity contribution < 1.29 is 4.79 Å². The fourth-order valence-corrected chi connectivity index (χ4v) is 1.88. The van der Waals surface area contributed by atoms with Crippen LogP contribution in [0.3, 0.4) is 0 Å². The minimum atomic E-state index is -0.0329. The molecule has 18 heavy (non-hydrogen) atoms. The molecule has 0 radical (unpaired) electrons. The highest BCUT2D eigenvalue weighted by molar-refractivity contribution is 5.92. The average molecular weight is 246 g/mol. The lowest BCUT2D eigenvalue weighted by atomic mass is 10.2. The van der Waals surface area contributed by atoms with E-state index in [-0.39, 0.29) is 11.9 Å². The molecule has 1 N–H and O–H groups in total. The highest BCUT2D eigenvalue weighted by atomic mass is 16.2. The van der Waals surface area contributed by atoms with E-state index in [1.807, 2.05) is 40.7 Å². The van der Waals surface area contributed by atoms with Gasteiger partial charge < -0.3 is 14.5 Å². The van der Waals surface area contributed by atoms with Crippen LogP contribution in [0.1, 0.15) is 23.8 Å². The predicted molar refractivity (Wildman–Crippen MR) is 69.2 cm³/mol. The van der Waals surface area contributed by atoms with E-state index in [0.29, 0.717) is 5.69 Å². The summed E-state index contributed by atoms with van der Waals surface area (Å²) in [6, 6.07) is 3.80. The molecule has 5 heteroatoms. The number of rotatable bonds is 5. The van der Waals surface area contributed by atoms with Gasteiger partial charge in [0.15, 0.2) is 0 Å². The Morgan fingerprint density at radius 3 is 2.89 bits per heavy atom. The summed E-state index contributed by atoms with van der Waals surface area (Å²) < 4.78 is 3.79.